The van der Waals surface area contributed by atoms with Crippen LogP contribution in [0.15, 0.2) is 102 Å². The van der Waals surface area contributed by atoms with E-state index in [0.29, 0.717) is 5.75 Å². The Morgan fingerprint density at radius 1 is 0.800 bits per heavy atom. The van der Waals surface area contributed by atoms with E-state index in [9.17, 15) is 4.79 Å². The number of carbonyl (C=O) groups is 1. The highest BCUT2D eigenvalue weighted by Crippen LogP contribution is 2.21. The fraction of sp³-hybridized carbons (Fsp3) is 0.0769. The number of carbonyl (C=O) groups excluding carboxylic acids is 1. The molecule has 0 heterocycles. The fourth-order valence-electron chi connectivity index (χ4n) is 3.18. The first-order valence-electron chi connectivity index (χ1n) is 9.80. The zero-order valence-corrected chi connectivity index (χ0v) is 16.7. The van der Waals surface area contributed by atoms with E-state index < -0.39 is 0 Å². The second kappa shape index (κ2) is 9.05. The van der Waals surface area contributed by atoms with Gasteiger partial charge in [0.25, 0.3) is 5.91 Å². The number of hydrogen-bond acceptors (Lipinski definition) is 3. The van der Waals surface area contributed by atoms with Crippen molar-refractivity contribution in [3.8, 4) is 16.9 Å². The van der Waals surface area contributed by atoms with E-state index >= 15 is 0 Å². The fourth-order valence-corrected chi connectivity index (χ4v) is 3.18. The van der Waals surface area contributed by atoms with Gasteiger partial charge in [-0.2, -0.15) is 5.10 Å². The molecule has 4 nitrogen and oxygen atoms in total. The second-order valence-electron chi connectivity index (χ2n) is 6.97. The molecule has 0 spiro atoms. The molecule has 30 heavy (non-hydrogen) atoms. The van der Waals surface area contributed by atoms with Crippen molar-refractivity contribution in [2.45, 2.75) is 6.92 Å². The molecule has 148 valence electrons. The van der Waals surface area contributed by atoms with Crippen molar-refractivity contribution >= 4 is 22.4 Å². The maximum atomic E-state index is 12.1. The number of nitrogens with zero attached hydrogens (tertiary/aromatic N) is 1. The molecule has 0 aromatic heterocycles. The number of rotatable bonds is 6. The van der Waals surface area contributed by atoms with Gasteiger partial charge in [0.05, 0.1) is 5.71 Å². The zero-order valence-electron chi connectivity index (χ0n) is 16.7. The maximum Gasteiger partial charge on any atom is 0.277 e. The monoisotopic (exact) mass is 394 g/mol. The Labute approximate surface area is 175 Å². The van der Waals surface area contributed by atoms with Gasteiger partial charge in [0.2, 0.25) is 0 Å². The Kier molecular flexibility index (Phi) is 5.85. The molecule has 0 aliphatic rings. The van der Waals surface area contributed by atoms with Crippen LogP contribution in [0.2, 0.25) is 0 Å². The molecule has 4 aromatic rings. The summed E-state index contributed by atoms with van der Waals surface area (Å²) in [6.45, 7) is 1.77. The third-order valence-corrected chi connectivity index (χ3v) is 4.85. The van der Waals surface area contributed by atoms with Gasteiger partial charge >= 0.3 is 0 Å². The van der Waals surface area contributed by atoms with Crippen LogP contribution < -0.4 is 10.2 Å². The first kappa shape index (κ1) is 19.4. The minimum atomic E-state index is -0.302. The van der Waals surface area contributed by atoms with Crippen molar-refractivity contribution in [1.82, 2.24) is 5.43 Å². The topological polar surface area (TPSA) is 50.7 Å². The summed E-state index contributed by atoms with van der Waals surface area (Å²) in [5.74, 6) is 0.351. The van der Waals surface area contributed by atoms with Gasteiger partial charge in [-0.05, 0) is 46.5 Å². The lowest BCUT2D eigenvalue weighted by atomic mass is 10.0. The lowest BCUT2D eigenvalue weighted by Crippen LogP contribution is -2.25. The molecule has 0 unspecified atom stereocenters. The van der Waals surface area contributed by atoms with E-state index in [4.69, 9.17) is 4.74 Å². The largest absolute Gasteiger partial charge is 0.484 e. The van der Waals surface area contributed by atoms with E-state index in [1.54, 1.807) is 0 Å². The highest BCUT2D eigenvalue weighted by atomic mass is 16.5. The Morgan fingerprint density at radius 2 is 1.47 bits per heavy atom. The van der Waals surface area contributed by atoms with Crippen LogP contribution in [0.25, 0.3) is 21.9 Å². The summed E-state index contributed by atoms with van der Waals surface area (Å²) >= 11 is 0. The van der Waals surface area contributed by atoms with Gasteiger partial charge in [-0.1, -0.05) is 84.9 Å². The Balaban J connectivity index is 1.33. The molecule has 1 N–H and O–H groups in total. The summed E-state index contributed by atoms with van der Waals surface area (Å²) in [4.78, 5) is 12.1. The lowest BCUT2D eigenvalue weighted by Gasteiger charge is -2.07. The van der Waals surface area contributed by atoms with Crippen LogP contribution in [0.5, 0.6) is 5.75 Å². The Bertz CT molecular complexity index is 1180. The summed E-state index contributed by atoms with van der Waals surface area (Å²) in [6.07, 6.45) is 0. The second-order valence-corrected chi connectivity index (χ2v) is 6.97. The van der Waals surface area contributed by atoms with Crippen LogP contribution in [0, 0.1) is 0 Å². The number of amides is 1. The average Bonchev–Trinajstić information content (AvgIpc) is 2.81. The summed E-state index contributed by atoms with van der Waals surface area (Å²) < 4.78 is 5.60. The zero-order chi connectivity index (χ0) is 20.8. The molecule has 4 heteroatoms. The molecule has 4 rings (SSSR count). The van der Waals surface area contributed by atoms with Gasteiger partial charge in [0.1, 0.15) is 5.75 Å². The minimum Gasteiger partial charge on any atom is -0.484 e. The van der Waals surface area contributed by atoms with Crippen LogP contribution in [0.3, 0.4) is 0 Å². The third-order valence-electron chi connectivity index (χ3n) is 4.85. The highest BCUT2D eigenvalue weighted by molar-refractivity contribution is 5.99. The molecule has 1 amide bonds. The van der Waals surface area contributed by atoms with Crippen molar-refractivity contribution in [3.05, 3.63) is 103 Å². The van der Waals surface area contributed by atoms with E-state index in [-0.39, 0.29) is 12.5 Å². The van der Waals surface area contributed by atoms with Gasteiger partial charge < -0.3 is 4.74 Å². The summed E-state index contributed by atoms with van der Waals surface area (Å²) in [7, 11) is 0. The van der Waals surface area contributed by atoms with E-state index in [1.165, 1.54) is 0 Å². The molecule has 0 atom stereocenters. The van der Waals surface area contributed by atoms with Crippen LogP contribution in [0.1, 0.15) is 12.5 Å². The minimum absolute atomic E-state index is 0.0952. The van der Waals surface area contributed by atoms with Crippen LogP contribution in [0.4, 0.5) is 0 Å². The lowest BCUT2D eigenvalue weighted by molar-refractivity contribution is -0.123. The van der Waals surface area contributed by atoms with Gasteiger partial charge in [-0.3, -0.25) is 4.79 Å². The number of hydrazone groups is 1. The Hall–Kier alpha value is -3.92. The molecule has 0 aliphatic heterocycles. The Morgan fingerprint density at radius 3 is 2.23 bits per heavy atom. The number of hydrogen-bond donors (Lipinski definition) is 1. The standard InChI is InChI=1S/C26H22N2O2/c1-19(20-11-13-23(14-12-20)21-7-3-2-4-8-21)27-28-26(29)18-30-25-16-15-22-9-5-6-10-24(22)17-25/h2-17H,18H2,1H3,(H,28,29)/b27-19-. The molecular formula is C26H22N2O2. The first-order chi connectivity index (χ1) is 14.7. The molecule has 0 saturated carbocycles. The SMILES string of the molecule is C/C(=N/NC(=O)COc1ccc2ccccc2c1)c1ccc(-c2ccccc2)cc1. The molecule has 4 aromatic carbocycles. The van der Waals surface area contributed by atoms with Crippen molar-refractivity contribution in [2.24, 2.45) is 5.10 Å². The van der Waals surface area contributed by atoms with Crippen molar-refractivity contribution < 1.29 is 9.53 Å². The number of benzene rings is 4. The third kappa shape index (κ3) is 4.73. The first-order valence-corrected chi connectivity index (χ1v) is 9.80. The van der Waals surface area contributed by atoms with Gasteiger partial charge in [-0.15, -0.1) is 0 Å². The average molecular weight is 394 g/mol. The molecule has 0 fully saturated rings. The van der Waals surface area contributed by atoms with E-state index in [1.807, 2.05) is 91.9 Å². The smallest absolute Gasteiger partial charge is 0.277 e. The molecule has 0 radical (unpaired) electrons. The van der Waals surface area contributed by atoms with Crippen LogP contribution in [-0.2, 0) is 4.79 Å². The van der Waals surface area contributed by atoms with E-state index in [2.05, 4.69) is 22.7 Å². The number of nitrogens with one attached hydrogen (secondary N) is 1. The molecule has 0 aliphatic carbocycles. The predicted molar refractivity (Wildman–Crippen MR) is 122 cm³/mol. The van der Waals surface area contributed by atoms with Gasteiger partial charge in [-0.25, -0.2) is 5.43 Å². The number of fused-ring (bicyclic) bond motifs is 1. The quantitative estimate of drug-likeness (QED) is 0.350. The van der Waals surface area contributed by atoms with Gasteiger partial charge in [0, 0.05) is 0 Å². The summed E-state index contributed by atoms with van der Waals surface area (Å²) in [6, 6.07) is 32.1. The summed E-state index contributed by atoms with van der Waals surface area (Å²) in [5, 5.41) is 6.40. The molecule has 0 saturated heterocycles. The van der Waals surface area contributed by atoms with Crippen molar-refractivity contribution in [1.29, 1.82) is 0 Å². The normalized spacial score (nSPS) is 11.3. The molecule has 0 bridgehead atoms. The highest BCUT2D eigenvalue weighted by Gasteiger charge is 2.05. The van der Waals surface area contributed by atoms with Crippen molar-refractivity contribution in [2.75, 3.05) is 6.61 Å². The summed E-state index contributed by atoms with van der Waals surface area (Å²) in [5.41, 5.74) is 6.54. The molecular weight excluding hydrogens is 372 g/mol. The predicted octanol–water partition coefficient (Wildman–Crippen LogP) is 5.43. The van der Waals surface area contributed by atoms with Gasteiger partial charge in [0.15, 0.2) is 6.61 Å². The van der Waals surface area contributed by atoms with E-state index in [0.717, 1.165) is 33.2 Å². The van der Waals surface area contributed by atoms with Crippen molar-refractivity contribution in [3.63, 3.8) is 0 Å². The maximum absolute atomic E-state index is 12.1. The van der Waals surface area contributed by atoms with Crippen LogP contribution >= 0.6 is 0 Å². The van der Waals surface area contributed by atoms with Crippen LogP contribution in [-0.4, -0.2) is 18.2 Å². The number of ether oxygens (including phenoxy) is 1.